The van der Waals surface area contributed by atoms with Gasteiger partial charge in [-0.3, -0.25) is 14.9 Å². The normalized spacial score (nSPS) is 11.1. The van der Waals surface area contributed by atoms with Crippen LogP contribution in [0.15, 0.2) is 104 Å². The van der Waals surface area contributed by atoms with Gasteiger partial charge < -0.3 is 18.9 Å². The summed E-state index contributed by atoms with van der Waals surface area (Å²) in [6.45, 7) is 0.637. The van der Waals surface area contributed by atoms with E-state index in [1.54, 1.807) is 30.4 Å². The lowest BCUT2D eigenvalue weighted by atomic mass is 9.77. The summed E-state index contributed by atoms with van der Waals surface area (Å²) in [5, 5.41) is 3.75. The van der Waals surface area contributed by atoms with Crippen LogP contribution >= 0.6 is 0 Å². The number of esters is 1. The van der Waals surface area contributed by atoms with Gasteiger partial charge in [-0.1, -0.05) is 72.8 Å². The summed E-state index contributed by atoms with van der Waals surface area (Å²) in [5.41, 5.74) is 2.38. The molecule has 1 heterocycles. The van der Waals surface area contributed by atoms with E-state index in [1.165, 1.54) is 12.0 Å². The second kappa shape index (κ2) is 12.7. The van der Waals surface area contributed by atoms with Crippen molar-refractivity contribution >= 4 is 11.9 Å². The third-order valence-electron chi connectivity index (χ3n) is 6.49. The fraction of sp³-hybridized carbons (Fsp3) is 0.233. The highest BCUT2D eigenvalue weighted by atomic mass is 16.5. The molecule has 0 aliphatic rings. The molecule has 0 atom stereocenters. The SMILES string of the molecule is COC(=O)CN(CCNC(c1ccccc1)(c1ccccc1)c1ccc(OC)cc1)C(=O)Cn1ccnc1. The molecule has 3 aromatic carbocycles. The summed E-state index contributed by atoms with van der Waals surface area (Å²) in [6.07, 6.45) is 4.90. The molecule has 0 fully saturated rings. The zero-order valence-corrected chi connectivity index (χ0v) is 21.6. The molecule has 196 valence electrons. The maximum absolute atomic E-state index is 13.1. The summed E-state index contributed by atoms with van der Waals surface area (Å²) in [4.78, 5) is 30.8. The van der Waals surface area contributed by atoms with Crippen LogP contribution in [0, 0.1) is 0 Å². The van der Waals surface area contributed by atoms with Crippen LogP contribution in [-0.2, 0) is 26.4 Å². The molecule has 0 unspecified atom stereocenters. The van der Waals surface area contributed by atoms with Crippen molar-refractivity contribution in [3.05, 3.63) is 120 Å². The van der Waals surface area contributed by atoms with Crippen LogP contribution in [0.25, 0.3) is 0 Å². The molecule has 1 N–H and O–H groups in total. The number of benzene rings is 3. The summed E-state index contributed by atoms with van der Waals surface area (Å²) in [6, 6.07) is 28.3. The van der Waals surface area contributed by atoms with E-state index in [4.69, 9.17) is 9.47 Å². The van der Waals surface area contributed by atoms with Crippen molar-refractivity contribution in [3.63, 3.8) is 0 Å². The topological polar surface area (TPSA) is 85.7 Å². The number of nitrogens with one attached hydrogen (secondary N) is 1. The van der Waals surface area contributed by atoms with Crippen LogP contribution in [0.5, 0.6) is 5.75 Å². The Bertz CT molecular complexity index is 1250. The van der Waals surface area contributed by atoms with Crippen molar-refractivity contribution in [1.82, 2.24) is 19.8 Å². The molecule has 1 amide bonds. The van der Waals surface area contributed by atoms with Crippen molar-refractivity contribution in [1.29, 1.82) is 0 Å². The summed E-state index contributed by atoms with van der Waals surface area (Å²) in [7, 11) is 2.96. The smallest absolute Gasteiger partial charge is 0.325 e. The predicted octanol–water partition coefficient (Wildman–Crippen LogP) is 3.48. The number of hydrogen-bond acceptors (Lipinski definition) is 6. The molecule has 0 aliphatic carbocycles. The second-order valence-corrected chi connectivity index (χ2v) is 8.76. The van der Waals surface area contributed by atoms with Gasteiger partial charge in [0.05, 0.1) is 26.1 Å². The fourth-order valence-electron chi connectivity index (χ4n) is 4.55. The van der Waals surface area contributed by atoms with Crippen LogP contribution in [0.2, 0.25) is 0 Å². The largest absolute Gasteiger partial charge is 0.497 e. The molecule has 38 heavy (non-hydrogen) atoms. The van der Waals surface area contributed by atoms with Crippen LogP contribution in [0.4, 0.5) is 0 Å². The first-order valence-corrected chi connectivity index (χ1v) is 12.4. The first-order valence-electron chi connectivity index (χ1n) is 12.4. The third-order valence-corrected chi connectivity index (χ3v) is 6.49. The molecule has 8 heteroatoms. The number of rotatable bonds is 12. The van der Waals surface area contributed by atoms with Gasteiger partial charge in [0.25, 0.3) is 0 Å². The maximum Gasteiger partial charge on any atom is 0.325 e. The van der Waals surface area contributed by atoms with E-state index < -0.39 is 11.5 Å². The Morgan fingerprint density at radius 1 is 0.895 bits per heavy atom. The van der Waals surface area contributed by atoms with E-state index in [0.717, 1.165) is 22.4 Å². The van der Waals surface area contributed by atoms with Gasteiger partial charge in [0.2, 0.25) is 5.91 Å². The van der Waals surface area contributed by atoms with Gasteiger partial charge in [-0.05, 0) is 28.8 Å². The standard InChI is InChI=1S/C30H32N4O4/c1-37-27-15-13-26(14-16-27)30(24-9-5-3-6-10-24,25-11-7-4-8-12-25)32-18-20-34(22-29(36)38-2)28(35)21-33-19-17-31-23-33/h3-17,19,23,32H,18,20-22H2,1-2H3. The Hall–Kier alpha value is -4.43. The minimum Gasteiger partial charge on any atom is -0.497 e. The molecule has 0 radical (unpaired) electrons. The molecule has 8 nitrogen and oxygen atoms in total. The van der Waals surface area contributed by atoms with E-state index in [0.29, 0.717) is 13.1 Å². The second-order valence-electron chi connectivity index (χ2n) is 8.76. The molecule has 0 saturated heterocycles. The molecule has 4 rings (SSSR count). The monoisotopic (exact) mass is 512 g/mol. The van der Waals surface area contributed by atoms with E-state index >= 15 is 0 Å². The molecule has 0 bridgehead atoms. The van der Waals surface area contributed by atoms with Crippen LogP contribution in [-0.4, -0.2) is 60.2 Å². The highest BCUT2D eigenvalue weighted by molar-refractivity contribution is 5.82. The van der Waals surface area contributed by atoms with Crippen molar-refractivity contribution in [2.24, 2.45) is 0 Å². The van der Waals surface area contributed by atoms with Crippen LogP contribution < -0.4 is 10.1 Å². The Balaban J connectivity index is 1.68. The number of nitrogens with zero attached hydrogens (tertiary/aromatic N) is 3. The van der Waals surface area contributed by atoms with Gasteiger partial charge in [0.1, 0.15) is 18.8 Å². The average molecular weight is 513 g/mol. The van der Waals surface area contributed by atoms with Gasteiger partial charge in [-0.25, -0.2) is 4.98 Å². The number of hydrogen-bond donors (Lipinski definition) is 1. The first kappa shape index (κ1) is 26.6. The molecule has 1 aromatic heterocycles. The average Bonchev–Trinajstić information content (AvgIpc) is 3.49. The number of amides is 1. The number of aromatic nitrogens is 2. The van der Waals surface area contributed by atoms with E-state index in [9.17, 15) is 9.59 Å². The van der Waals surface area contributed by atoms with Gasteiger partial charge in [-0.2, -0.15) is 0 Å². The number of ether oxygens (including phenoxy) is 2. The summed E-state index contributed by atoms with van der Waals surface area (Å²) >= 11 is 0. The molecular weight excluding hydrogens is 480 g/mol. The Morgan fingerprint density at radius 2 is 1.50 bits per heavy atom. The summed E-state index contributed by atoms with van der Waals surface area (Å²) in [5.74, 6) is 0.0827. The van der Waals surface area contributed by atoms with Crippen molar-refractivity contribution in [2.45, 2.75) is 12.1 Å². The first-order chi connectivity index (χ1) is 18.6. The minimum absolute atomic E-state index is 0.0813. The van der Waals surface area contributed by atoms with Gasteiger partial charge >= 0.3 is 5.97 Å². The third kappa shape index (κ3) is 6.10. The fourth-order valence-corrected chi connectivity index (χ4v) is 4.55. The molecule has 0 spiro atoms. The van der Waals surface area contributed by atoms with E-state index in [-0.39, 0.29) is 19.0 Å². The molecule has 0 aliphatic heterocycles. The molecule has 4 aromatic rings. The predicted molar refractivity (Wildman–Crippen MR) is 145 cm³/mol. The van der Waals surface area contributed by atoms with Crippen molar-refractivity contribution < 1.29 is 19.1 Å². The molecule has 0 saturated carbocycles. The lowest BCUT2D eigenvalue weighted by molar-refractivity contribution is -0.147. The number of methoxy groups -OCH3 is 2. The lowest BCUT2D eigenvalue weighted by Crippen LogP contribution is -2.49. The van der Waals surface area contributed by atoms with Crippen LogP contribution in [0.1, 0.15) is 16.7 Å². The van der Waals surface area contributed by atoms with Crippen molar-refractivity contribution in [2.75, 3.05) is 33.9 Å². The Kier molecular flexibility index (Phi) is 8.89. The zero-order valence-electron chi connectivity index (χ0n) is 21.6. The van der Waals surface area contributed by atoms with Crippen molar-refractivity contribution in [3.8, 4) is 5.75 Å². The number of carbonyl (C=O) groups is 2. The van der Waals surface area contributed by atoms with Crippen LogP contribution in [0.3, 0.4) is 0 Å². The molecular formula is C30H32N4O4. The van der Waals surface area contributed by atoms with Gasteiger partial charge in [0, 0.05) is 25.5 Å². The van der Waals surface area contributed by atoms with Gasteiger partial charge in [-0.15, -0.1) is 0 Å². The van der Waals surface area contributed by atoms with Gasteiger partial charge in [0.15, 0.2) is 0 Å². The number of carbonyl (C=O) groups excluding carboxylic acids is 2. The summed E-state index contributed by atoms with van der Waals surface area (Å²) < 4.78 is 11.9. The quantitative estimate of drug-likeness (QED) is 0.231. The highest BCUT2D eigenvalue weighted by Gasteiger charge is 2.36. The maximum atomic E-state index is 13.1. The Labute approximate surface area is 222 Å². The minimum atomic E-state index is -0.723. The Morgan fingerprint density at radius 3 is 2.03 bits per heavy atom. The number of imidazole rings is 1. The highest BCUT2D eigenvalue weighted by Crippen LogP contribution is 2.37. The van der Waals surface area contributed by atoms with E-state index in [1.807, 2.05) is 60.7 Å². The lowest BCUT2D eigenvalue weighted by Gasteiger charge is -2.38. The van der Waals surface area contributed by atoms with E-state index in [2.05, 4.69) is 34.6 Å². The zero-order chi connectivity index (χ0) is 26.8.